The molecule has 1 spiro atoms. The Bertz CT molecular complexity index is 794. The summed E-state index contributed by atoms with van der Waals surface area (Å²) in [6, 6.07) is 7.55. The topological polar surface area (TPSA) is 88.3 Å². The van der Waals surface area contributed by atoms with Crippen LogP contribution in [-0.2, 0) is 11.3 Å². The van der Waals surface area contributed by atoms with Crippen molar-refractivity contribution in [1.29, 1.82) is 0 Å². The van der Waals surface area contributed by atoms with Crippen LogP contribution in [0.5, 0.6) is 0 Å². The zero-order valence-electron chi connectivity index (χ0n) is 13.8. The number of carboxylic acid groups (broad SMARTS) is 1. The molecule has 2 heterocycles. The second kappa shape index (κ2) is 5.98. The number of nitrogens with zero attached hydrogens (tertiary/aromatic N) is 4. The Kier molecular flexibility index (Phi) is 3.78. The van der Waals surface area contributed by atoms with E-state index in [-0.39, 0.29) is 17.2 Å². The fourth-order valence-electron chi connectivity index (χ4n) is 3.93. The number of aromatic nitrogens is 3. The molecule has 1 saturated carbocycles. The zero-order valence-corrected chi connectivity index (χ0v) is 13.8. The molecule has 4 rings (SSSR count). The van der Waals surface area contributed by atoms with Crippen molar-refractivity contribution in [3.8, 4) is 0 Å². The van der Waals surface area contributed by atoms with Crippen LogP contribution in [0.2, 0.25) is 0 Å². The Morgan fingerprint density at radius 3 is 2.64 bits per heavy atom. The first-order valence-electron chi connectivity index (χ1n) is 8.51. The van der Waals surface area contributed by atoms with Crippen molar-refractivity contribution < 1.29 is 14.7 Å². The lowest BCUT2D eigenvalue weighted by Gasteiger charge is -2.33. The predicted molar refractivity (Wildman–Crippen MR) is 88.9 cm³/mol. The molecule has 1 atom stereocenters. The van der Waals surface area contributed by atoms with E-state index in [2.05, 4.69) is 10.1 Å². The van der Waals surface area contributed by atoms with E-state index in [0.717, 1.165) is 24.8 Å². The molecule has 2 fully saturated rings. The molecule has 1 N–H and O–H groups in total. The van der Waals surface area contributed by atoms with E-state index < -0.39 is 5.97 Å². The maximum Gasteiger partial charge on any atom is 0.307 e. The third-order valence-electron chi connectivity index (χ3n) is 5.58. The molecule has 1 aromatic carbocycles. The monoisotopic (exact) mass is 340 g/mol. The molecule has 2 aromatic rings. The van der Waals surface area contributed by atoms with Gasteiger partial charge in [-0.2, -0.15) is 5.10 Å². The van der Waals surface area contributed by atoms with E-state index in [1.165, 1.54) is 6.33 Å². The van der Waals surface area contributed by atoms with Crippen molar-refractivity contribution in [2.45, 2.75) is 25.8 Å². The number of carbonyl (C=O) groups excluding carboxylic acids is 1. The summed E-state index contributed by atoms with van der Waals surface area (Å²) in [5.41, 5.74) is 1.52. The van der Waals surface area contributed by atoms with Crippen molar-refractivity contribution in [3.63, 3.8) is 0 Å². The van der Waals surface area contributed by atoms with Gasteiger partial charge < -0.3 is 10.0 Å². The molecular weight excluding hydrogens is 320 g/mol. The maximum absolute atomic E-state index is 13.0. The summed E-state index contributed by atoms with van der Waals surface area (Å²) in [6.07, 6.45) is 5.42. The van der Waals surface area contributed by atoms with E-state index in [1.807, 2.05) is 29.2 Å². The third-order valence-corrected chi connectivity index (χ3v) is 5.58. The minimum Gasteiger partial charge on any atom is -0.481 e. The van der Waals surface area contributed by atoms with Gasteiger partial charge in [0.25, 0.3) is 5.91 Å². The standard InChI is InChI=1S/C18H20N4O3/c23-16(21-7-5-18(6-8-21)9-15(18)17(24)25)14-4-2-1-3-13(14)10-22-12-19-11-20-22/h1-4,11-12,15H,5-10H2,(H,24,25). The maximum atomic E-state index is 13.0. The number of benzene rings is 1. The van der Waals surface area contributed by atoms with Crippen LogP contribution in [0.4, 0.5) is 0 Å². The Morgan fingerprint density at radius 2 is 2.00 bits per heavy atom. The van der Waals surface area contributed by atoms with Crippen LogP contribution < -0.4 is 0 Å². The van der Waals surface area contributed by atoms with E-state index in [9.17, 15) is 14.7 Å². The van der Waals surface area contributed by atoms with Gasteiger partial charge in [0.2, 0.25) is 0 Å². The molecule has 130 valence electrons. The molecule has 7 heteroatoms. The van der Waals surface area contributed by atoms with Crippen LogP contribution >= 0.6 is 0 Å². The summed E-state index contributed by atoms with van der Waals surface area (Å²) >= 11 is 0. The smallest absolute Gasteiger partial charge is 0.307 e. The summed E-state index contributed by atoms with van der Waals surface area (Å²) in [6.45, 7) is 1.75. The Morgan fingerprint density at radius 1 is 1.24 bits per heavy atom. The fourth-order valence-corrected chi connectivity index (χ4v) is 3.93. The van der Waals surface area contributed by atoms with E-state index >= 15 is 0 Å². The van der Waals surface area contributed by atoms with Gasteiger partial charge in [0.1, 0.15) is 12.7 Å². The number of hydrogen-bond acceptors (Lipinski definition) is 4. The van der Waals surface area contributed by atoms with Crippen LogP contribution in [0, 0.1) is 11.3 Å². The SMILES string of the molecule is O=C(O)C1CC12CCN(C(=O)c1ccccc1Cn1cncn1)CC2. The molecule has 0 bridgehead atoms. The molecule has 7 nitrogen and oxygen atoms in total. The first kappa shape index (κ1) is 15.8. The molecule has 25 heavy (non-hydrogen) atoms. The van der Waals surface area contributed by atoms with Gasteiger partial charge in [-0.25, -0.2) is 9.67 Å². The number of amides is 1. The van der Waals surface area contributed by atoms with Crippen molar-refractivity contribution in [1.82, 2.24) is 19.7 Å². The molecule has 1 unspecified atom stereocenters. The largest absolute Gasteiger partial charge is 0.481 e. The fraction of sp³-hybridized carbons (Fsp3) is 0.444. The van der Waals surface area contributed by atoms with Crippen molar-refractivity contribution >= 4 is 11.9 Å². The Hall–Kier alpha value is -2.70. The van der Waals surface area contributed by atoms with Crippen LogP contribution in [0.15, 0.2) is 36.9 Å². The third kappa shape index (κ3) is 2.90. The lowest BCUT2D eigenvalue weighted by molar-refractivity contribution is -0.139. The predicted octanol–water partition coefficient (Wildman–Crippen LogP) is 1.65. The minimum absolute atomic E-state index is 0.0121. The molecule has 0 radical (unpaired) electrons. The number of hydrogen-bond donors (Lipinski definition) is 1. The first-order valence-corrected chi connectivity index (χ1v) is 8.51. The van der Waals surface area contributed by atoms with Gasteiger partial charge in [-0.3, -0.25) is 9.59 Å². The van der Waals surface area contributed by atoms with Gasteiger partial charge in [0, 0.05) is 18.7 Å². The summed E-state index contributed by atoms with van der Waals surface area (Å²) in [4.78, 5) is 29.9. The molecule has 1 aliphatic carbocycles. The molecule has 1 saturated heterocycles. The molecular formula is C18H20N4O3. The van der Waals surface area contributed by atoms with Crippen LogP contribution in [0.3, 0.4) is 0 Å². The van der Waals surface area contributed by atoms with Gasteiger partial charge in [-0.1, -0.05) is 18.2 Å². The minimum atomic E-state index is -0.696. The van der Waals surface area contributed by atoms with Crippen LogP contribution in [0.1, 0.15) is 35.2 Å². The highest BCUT2D eigenvalue weighted by Crippen LogP contribution is 2.59. The number of rotatable bonds is 4. The summed E-state index contributed by atoms with van der Waals surface area (Å²) < 4.78 is 1.69. The van der Waals surface area contributed by atoms with Gasteiger partial charge in [-0.05, 0) is 36.3 Å². The average Bonchev–Trinajstić information content (AvgIpc) is 3.07. The lowest BCUT2D eigenvalue weighted by atomic mass is 9.90. The zero-order chi connectivity index (χ0) is 17.4. The van der Waals surface area contributed by atoms with Gasteiger partial charge in [-0.15, -0.1) is 0 Å². The van der Waals surface area contributed by atoms with Crippen molar-refractivity contribution in [3.05, 3.63) is 48.0 Å². The Labute approximate surface area is 145 Å². The number of carbonyl (C=O) groups is 2. The van der Waals surface area contributed by atoms with E-state index in [4.69, 9.17) is 0 Å². The number of piperidine rings is 1. The molecule has 2 aliphatic rings. The van der Waals surface area contributed by atoms with Gasteiger partial charge in [0.05, 0.1) is 12.5 Å². The Balaban J connectivity index is 1.46. The van der Waals surface area contributed by atoms with Crippen LogP contribution in [-0.4, -0.2) is 49.7 Å². The van der Waals surface area contributed by atoms with E-state index in [0.29, 0.717) is 25.2 Å². The number of aliphatic carboxylic acids is 1. The van der Waals surface area contributed by atoms with Gasteiger partial charge >= 0.3 is 5.97 Å². The average molecular weight is 340 g/mol. The highest BCUT2D eigenvalue weighted by Gasteiger charge is 2.59. The second-order valence-corrected chi connectivity index (χ2v) is 7.00. The van der Waals surface area contributed by atoms with Crippen molar-refractivity contribution in [2.24, 2.45) is 11.3 Å². The highest BCUT2D eigenvalue weighted by atomic mass is 16.4. The summed E-state index contributed by atoms with van der Waals surface area (Å²) in [7, 11) is 0. The molecule has 1 amide bonds. The lowest BCUT2D eigenvalue weighted by Crippen LogP contribution is -2.40. The quantitative estimate of drug-likeness (QED) is 0.914. The van der Waals surface area contributed by atoms with Gasteiger partial charge in [0.15, 0.2) is 0 Å². The van der Waals surface area contributed by atoms with Crippen molar-refractivity contribution in [2.75, 3.05) is 13.1 Å². The highest BCUT2D eigenvalue weighted by molar-refractivity contribution is 5.95. The molecule has 1 aliphatic heterocycles. The molecule has 1 aromatic heterocycles. The van der Waals surface area contributed by atoms with E-state index in [1.54, 1.807) is 11.0 Å². The first-order chi connectivity index (χ1) is 12.1. The number of carboxylic acids is 1. The van der Waals surface area contributed by atoms with Crippen LogP contribution in [0.25, 0.3) is 0 Å². The normalized spacial score (nSPS) is 21.3. The summed E-state index contributed by atoms with van der Waals surface area (Å²) in [5.74, 6) is -0.902. The summed E-state index contributed by atoms with van der Waals surface area (Å²) in [5, 5.41) is 13.3. The number of likely N-dealkylation sites (tertiary alicyclic amines) is 1. The second-order valence-electron chi connectivity index (χ2n) is 7.00.